The van der Waals surface area contributed by atoms with Crippen molar-refractivity contribution in [1.29, 1.82) is 0 Å². The highest BCUT2D eigenvalue weighted by atomic mass is 16.5. The number of nitrogens with zero attached hydrogens (tertiary/aromatic N) is 5. The zero-order valence-electron chi connectivity index (χ0n) is 14.9. The molecule has 8 heteroatoms. The molecule has 2 aliphatic heterocycles. The van der Waals surface area contributed by atoms with Crippen LogP contribution in [0.4, 0.5) is 11.9 Å². The lowest BCUT2D eigenvalue weighted by Crippen LogP contribution is -2.40. The molecule has 2 fully saturated rings. The van der Waals surface area contributed by atoms with E-state index >= 15 is 0 Å². The lowest BCUT2D eigenvalue weighted by molar-refractivity contribution is 0.121. The van der Waals surface area contributed by atoms with Gasteiger partial charge in [-0.2, -0.15) is 15.0 Å². The van der Waals surface area contributed by atoms with Gasteiger partial charge in [0, 0.05) is 26.2 Å². The van der Waals surface area contributed by atoms with Crippen LogP contribution in [0.2, 0.25) is 0 Å². The zero-order valence-corrected chi connectivity index (χ0v) is 14.9. The fraction of sp³-hybridized carbons (Fsp3) is 0.500. The van der Waals surface area contributed by atoms with E-state index in [1.165, 1.54) is 0 Å². The zero-order chi connectivity index (χ0) is 17.8. The van der Waals surface area contributed by atoms with Gasteiger partial charge in [0.05, 0.1) is 26.4 Å². The number of ether oxygens (including phenoxy) is 3. The predicted molar refractivity (Wildman–Crippen MR) is 97.1 cm³/mol. The van der Waals surface area contributed by atoms with Crippen molar-refractivity contribution < 1.29 is 14.2 Å². The van der Waals surface area contributed by atoms with Crippen molar-refractivity contribution in [2.45, 2.75) is 6.92 Å². The molecule has 2 saturated heterocycles. The molecule has 138 valence electrons. The third kappa shape index (κ3) is 3.86. The maximum Gasteiger partial charge on any atom is 0.328 e. The first-order valence-electron chi connectivity index (χ1n) is 8.94. The Morgan fingerprint density at radius 1 is 0.808 bits per heavy atom. The van der Waals surface area contributed by atoms with E-state index in [0.717, 1.165) is 37.5 Å². The van der Waals surface area contributed by atoms with Crippen molar-refractivity contribution in [2.24, 2.45) is 0 Å². The molecule has 8 nitrogen and oxygen atoms in total. The maximum atomic E-state index is 5.99. The van der Waals surface area contributed by atoms with Crippen LogP contribution in [0.3, 0.4) is 0 Å². The molecule has 2 aliphatic rings. The highest BCUT2D eigenvalue weighted by Crippen LogP contribution is 2.25. The second kappa shape index (κ2) is 7.84. The Hall–Kier alpha value is -2.45. The fourth-order valence-corrected chi connectivity index (χ4v) is 2.96. The molecule has 0 atom stereocenters. The van der Waals surface area contributed by atoms with Crippen LogP contribution in [0.15, 0.2) is 24.3 Å². The molecule has 0 saturated carbocycles. The molecule has 0 aliphatic carbocycles. The normalized spacial score (nSPS) is 18.0. The number of hydrogen-bond donors (Lipinski definition) is 0. The second-order valence-corrected chi connectivity index (χ2v) is 6.28. The Bertz CT molecular complexity index is 709. The van der Waals surface area contributed by atoms with Crippen LogP contribution in [0.1, 0.15) is 5.56 Å². The van der Waals surface area contributed by atoms with Crippen LogP contribution in [0, 0.1) is 6.92 Å². The topological polar surface area (TPSA) is 72.8 Å². The largest absolute Gasteiger partial charge is 0.424 e. The van der Waals surface area contributed by atoms with Crippen LogP contribution in [-0.2, 0) is 9.47 Å². The molecule has 1 aromatic carbocycles. The summed E-state index contributed by atoms with van der Waals surface area (Å²) in [5, 5.41) is 0. The average Bonchev–Trinajstić information content (AvgIpc) is 2.71. The molecular formula is C18H23N5O3. The molecule has 1 aromatic heterocycles. The van der Waals surface area contributed by atoms with Gasteiger partial charge in [-0.15, -0.1) is 0 Å². The summed E-state index contributed by atoms with van der Waals surface area (Å²) in [6.45, 7) is 7.74. The van der Waals surface area contributed by atoms with E-state index in [1.807, 2.05) is 31.2 Å². The summed E-state index contributed by atoms with van der Waals surface area (Å²) in [7, 11) is 0. The first-order chi connectivity index (χ1) is 12.8. The first kappa shape index (κ1) is 17.0. The van der Waals surface area contributed by atoms with Crippen LogP contribution in [0.5, 0.6) is 11.8 Å². The second-order valence-electron chi connectivity index (χ2n) is 6.28. The maximum absolute atomic E-state index is 5.99. The number of benzene rings is 1. The van der Waals surface area contributed by atoms with Crippen molar-refractivity contribution in [2.75, 3.05) is 62.4 Å². The Morgan fingerprint density at radius 2 is 1.35 bits per heavy atom. The smallest absolute Gasteiger partial charge is 0.328 e. The average molecular weight is 357 g/mol. The summed E-state index contributed by atoms with van der Waals surface area (Å²) in [5.74, 6) is 2.02. The van der Waals surface area contributed by atoms with Crippen LogP contribution >= 0.6 is 0 Å². The van der Waals surface area contributed by atoms with Gasteiger partial charge < -0.3 is 24.0 Å². The fourth-order valence-electron chi connectivity index (χ4n) is 2.96. The molecule has 0 bridgehead atoms. The number of rotatable bonds is 4. The van der Waals surface area contributed by atoms with Crippen molar-refractivity contribution in [3.8, 4) is 11.8 Å². The van der Waals surface area contributed by atoms with E-state index in [1.54, 1.807) is 0 Å². The minimum atomic E-state index is 0.317. The lowest BCUT2D eigenvalue weighted by Gasteiger charge is -2.30. The van der Waals surface area contributed by atoms with Crippen molar-refractivity contribution in [3.63, 3.8) is 0 Å². The van der Waals surface area contributed by atoms with Gasteiger partial charge in [0.1, 0.15) is 5.75 Å². The number of hydrogen-bond acceptors (Lipinski definition) is 8. The third-order valence-electron chi connectivity index (χ3n) is 4.47. The third-order valence-corrected chi connectivity index (χ3v) is 4.47. The number of para-hydroxylation sites is 1. The van der Waals surface area contributed by atoms with E-state index in [0.29, 0.717) is 44.3 Å². The van der Waals surface area contributed by atoms with Gasteiger partial charge in [0.2, 0.25) is 11.9 Å². The monoisotopic (exact) mass is 357 g/mol. The quantitative estimate of drug-likeness (QED) is 0.818. The van der Waals surface area contributed by atoms with E-state index in [-0.39, 0.29) is 0 Å². The van der Waals surface area contributed by atoms with Gasteiger partial charge in [0.25, 0.3) is 0 Å². The van der Waals surface area contributed by atoms with Crippen molar-refractivity contribution in [3.05, 3.63) is 29.8 Å². The summed E-state index contributed by atoms with van der Waals surface area (Å²) < 4.78 is 16.9. The van der Waals surface area contributed by atoms with E-state index in [4.69, 9.17) is 14.2 Å². The van der Waals surface area contributed by atoms with E-state index in [9.17, 15) is 0 Å². The summed E-state index contributed by atoms with van der Waals surface area (Å²) >= 11 is 0. The Labute approximate surface area is 152 Å². The molecule has 0 radical (unpaired) electrons. The molecule has 0 amide bonds. The van der Waals surface area contributed by atoms with Crippen LogP contribution in [-0.4, -0.2) is 67.6 Å². The number of aryl methyl sites for hydroxylation is 1. The Balaban J connectivity index is 1.66. The summed E-state index contributed by atoms with van der Waals surface area (Å²) in [6, 6.07) is 8.16. The first-order valence-corrected chi connectivity index (χ1v) is 8.94. The predicted octanol–water partition coefficient (Wildman–Crippen LogP) is 1.65. The van der Waals surface area contributed by atoms with E-state index in [2.05, 4.69) is 24.8 Å². The minimum Gasteiger partial charge on any atom is -0.424 e. The summed E-state index contributed by atoms with van der Waals surface area (Å²) in [6.07, 6.45) is 0. The van der Waals surface area contributed by atoms with Gasteiger partial charge in [0.15, 0.2) is 0 Å². The standard InChI is InChI=1S/C18H23N5O3/c1-14-4-2-3-5-15(14)26-18-20-16(22-6-10-24-11-7-22)19-17(21-18)23-8-12-25-13-9-23/h2-5H,6-13H2,1H3. The van der Waals surface area contributed by atoms with Gasteiger partial charge in [-0.1, -0.05) is 18.2 Å². The molecule has 26 heavy (non-hydrogen) atoms. The van der Waals surface area contributed by atoms with Crippen molar-refractivity contribution in [1.82, 2.24) is 15.0 Å². The summed E-state index contributed by atoms with van der Waals surface area (Å²) in [4.78, 5) is 18.0. The molecule has 0 spiro atoms. The van der Waals surface area contributed by atoms with Gasteiger partial charge >= 0.3 is 6.01 Å². The number of anilines is 2. The molecule has 2 aromatic rings. The van der Waals surface area contributed by atoms with Gasteiger partial charge in [-0.3, -0.25) is 0 Å². The number of aromatic nitrogens is 3. The number of morpholine rings is 2. The van der Waals surface area contributed by atoms with Crippen LogP contribution < -0.4 is 14.5 Å². The molecule has 3 heterocycles. The minimum absolute atomic E-state index is 0.317. The van der Waals surface area contributed by atoms with Crippen LogP contribution in [0.25, 0.3) is 0 Å². The van der Waals surface area contributed by atoms with E-state index < -0.39 is 0 Å². The molecule has 4 rings (SSSR count). The molecule has 0 unspecified atom stereocenters. The molecule has 0 N–H and O–H groups in total. The van der Waals surface area contributed by atoms with Gasteiger partial charge in [-0.25, -0.2) is 0 Å². The summed E-state index contributed by atoms with van der Waals surface area (Å²) in [5.41, 5.74) is 1.04. The highest BCUT2D eigenvalue weighted by molar-refractivity contribution is 5.42. The molecular weight excluding hydrogens is 334 g/mol. The SMILES string of the molecule is Cc1ccccc1Oc1nc(N2CCOCC2)nc(N2CCOCC2)n1. The van der Waals surface area contributed by atoms with Crippen molar-refractivity contribution >= 4 is 11.9 Å². The Kier molecular flexibility index (Phi) is 5.12. The highest BCUT2D eigenvalue weighted by Gasteiger charge is 2.21. The van der Waals surface area contributed by atoms with Gasteiger partial charge in [-0.05, 0) is 18.6 Å². The lowest BCUT2D eigenvalue weighted by atomic mass is 10.2. The Morgan fingerprint density at radius 3 is 1.88 bits per heavy atom.